The standard InChI is InChI=1S/C51H31N3OS/c1-4-13-32(14-5-1)35-19-12-20-37(27-35)50-52-49(34-17-8-3-9-18-34)53-51(54-50)38-23-25-40-43-28-36(24-26-46(43)56-47(40)31-38)42-29-39(33-15-6-2-7-16-33)30-45-48(42)41-21-10-11-22-44(41)55-45/h1-31H. The quantitative estimate of drug-likeness (QED) is 0.171. The van der Waals surface area contributed by atoms with Gasteiger partial charge >= 0.3 is 0 Å². The summed E-state index contributed by atoms with van der Waals surface area (Å²) in [5, 5.41) is 4.68. The third kappa shape index (κ3) is 5.65. The molecule has 5 heteroatoms. The van der Waals surface area contributed by atoms with E-state index in [-0.39, 0.29) is 0 Å². The first-order valence-corrected chi connectivity index (χ1v) is 19.5. The predicted octanol–water partition coefficient (Wildman–Crippen LogP) is 14.1. The van der Waals surface area contributed by atoms with E-state index in [1.807, 2.05) is 42.5 Å². The predicted molar refractivity (Wildman–Crippen MR) is 233 cm³/mol. The third-order valence-corrected chi connectivity index (χ3v) is 11.7. The van der Waals surface area contributed by atoms with Crippen molar-refractivity contribution in [1.29, 1.82) is 0 Å². The molecule has 0 aliphatic rings. The highest BCUT2D eigenvalue weighted by Gasteiger charge is 2.18. The Bertz CT molecular complexity index is 3240. The monoisotopic (exact) mass is 733 g/mol. The van der Waals surface area contributed by atoms with Crippen LogP contribution in [0.4, 0.5) is 0 Å². The van der Waals surface area contributed by atoms with Crippen molar-refractivity contribution in [2.45, 2.75) is 0 Å². The highest BCUT2D eigenvalue weighted by atomic mass is 32.1. The largest absolute Gasteiger partial charge is 0.456 e. The normalized spacial score (nSPS) is 11.6. The van der Waals surface area contributed by atoms with Crippen molar-refractivity contribution in [3.05, 3.63) is 188 Å². The lowest BCUT2D eigenvalue weighted by molar-refractivity contribution is 0.669. The van der Waals surface area contributed by atoms with Crippen LogP contribution in [0.15, 0.2) is 192 Å². The molecule has 0 atom stereocenters. The topological polar surface area (TPSA) is 51.8 Å². The number of hydrogen-bond donors (Lipinski definition) is 0. The summed E-state index contributed by atoms with van der Waals surface area (Å²) in [5.41, 5.74) is 11.5. The summed E-state index contributed by atoms with van der Waals surface area (Å²) in [4.78, 5) is 15.2. The zero-order chi connectivity index (χ0) is 37.0. The lowest BCUT2D eigenvalue weighted by atomic mass is 9.93. The number of furan rings is 1. The van der Waals surface area contributed by atoms with Crippen LogP contribution in [0, 0.1) is 0 Å². The maximum absolute atomic E-state index is 6.46. The number of para-hydroxylation sites is 1. The second-order valence-electron chi connectivity index (χ2n) is 14.0. The molecule has 3 aromatic heterocycles. The third-order valence-electron chi connectivity index (χ3n) is 10.5. The van der Waals surface area contributed by atoms with Gasteiger partial charge in [-0.2, -0.15) is 0 Å². The minimum absolute atomic E-state index is 0.642. The van der Waals surface area contributed by atoms with Crippen LogP contribution in [0.3, 0.4) is 0 Å². The van der Waals surface area contributed by atoms with E-state index in [9.17, 15) is 0 Å². The molecule has 11 aromatic rings. The average Bonchev–Trinajstić information content (AvgIpc) is 3.84. The Labute approximate surface area is 327 Å². The van der Waals surface area contributed by atoms with Gasteiger partial charge in [0.05, 0.1) is 0 Å². The van der Waals surface area contributed by atoms with E-state index in [0.717, 1.165) is 72.0 Å². The fraction of sp³-hybridized carbons (Fsp3) is 0. The summed E-state index contributed by atoms with van der Waals surface area (Å²) in [5.74, 6) is 1.93. The smallest absolute Gasteiger partial charge is 0.164 e. The summed E-state index contributed by atoms with van der Waals surface area (Å²) >= 11 is 1.79. The molecule has 0 saturated carbocycles. The van der Waals surface area contributed by atoms with Gasteiger partial charge in [-0.05, 0) is 75.8 Å². The maximum atomic E-state index is 6.46. The molecule has 11 rings (SSSR count). The van der Waals surface area contributed by atoms with E-state index in [1.165, 1.54) is 20.2 Å². The molecule has 0 N–H and O–H groups in total. The van der Waals surface area contributed by atoms with Crippen LogP contribution >= 0.6 is 11.3 Å². The van der Waals surface area contributed by atoms with Gasteiger partial charge in [-0.1, -0.05) is 146 Å². The molecule has 0 spiro atoms. The van der Waals surface area contributed by atoms with Gasteiger partial charge in [-0.3, -0.25) is 0 Å². The average molecular weight is 734 g/mol. The van der Waals surface area contributed by atoms with Crippen molar-refractivity contribution in [2.24, 2.45) is 0 Å². The first-order chi connectivity index (χ1) is 27.7. The van der Waals surface area contributed by atoms with Gasteiger partial charge in [-0.15, -0.1) is 11.3 Å². The zero-order valence-corrected chi connectivity index (χ0v) is 30.9. The Morgan fingerprint density at radius 3 is 1.66 bits per heavy atom. The van der Waals surface area contributed by atoms with E-state index in [4.69, 9.17) is 19.4 Å². The van der Waals surface area contributed by atoms with Gasteiger partial charge in [0.25, 0.3) is 0 Å². The Hall–Kier alpha value is -7.21. The summed E-state index contributed by atoms with van der Waals surface area (Å²) in [6.07, 6.45) is 0. The fourth-order valence-corrected chi connectivity index (χ4v) is 8.91. The minimum atomic E-state index is 0.642. The molecule has 0 bridgehead atoms. The molecule has 0 radical (unpaired) electrons. The van der Waals surface area contributed by atoms with Crippen LogP contribution in [0.1, 0.15) is 0 Å². The Morgan fingerprint density at radius 2 is 0.911 bits per heavy atom. The molecule has 0 saturated heterocycles. The van der Waals surface area contributed by atoms with Crippen LogP contribution in [0.25, 0.3) is 110 Å². The highest BCUT2D eigenvalue weighted by molar-refractivity contribution is 7.25. The van der Waals surface area contributed by atoms with Crippen molar-refractivity contribution in [2.75, 3.05) is 0 Å². The molecule has 3 heterocycles. The first-order valence-electron chi connectivity index (χ1n) is 18.7. The van der Waals surface area contributed by atoms with Gasteiger partial charge < -0.3 is 4.42 Å². The SMILES string of the molecule is c1ccc(-c2cccc(-c3nc(-c4ccccc4)nc(-c4ccc5c(c4)sc4ccc(-c6cc(-c7ccccc7)cc7oc8ccccc8c67)cc45)n3)c2)cc1. The summed E-state index contributed by atoms with van der Waals surface area (Å²) < 4.78 is 8.87. The Balaban J connectivity index is 1.04. The molecule has 8 aromatic carbocycles. The summed E-state index contributed by atoms with van der Waals surface area (Å²) in [6, 6.07) is 65.7. The van der Waals surface area contributed by atoms with E-state index in [0.29, 0.717) is 17.5 Å². The molecule has 4 nitrogen and oxygen atoms in total. The van der Waals surface area contributed by atoms with Crippen molar-refractivity contribution >= 4 is 53.4 Å². The second-order valence-corrected chi connectivity index (χ2v) is 15.1. The van der Waals surface area contributed by atoms with Gasteiger partial charge in [0.2, 0.25) is 0 Å². The van der Waals surface area contributed by atoms with Crippen LogP contribution in [-0.2, 0) is 0 Å². The number of aromatic nitrogens is 3. The lowest BCUT2D eigenvalue weighted by Crippen LogP contribution is -2.00. The molecular formula is C51H31N3OS. The Morgan fingerprint density at radius 1 is 0.321 bits per heavy atom. The van der Waals surface area contributed by atoms with E-state index >= 15 is 0 Å². The minimum Gasteiger partial charge on any atom is -0.456 e. The van der Waals surface area contributed by atoms with Gasteiger partial charge in [0.15, 0.2) is 17.5 Å². The molecule has 0 aliphatic heterocycles. The number of hydrogen-bond acceptors (Lipinski definition) is 5. The van der Waals surface area contributed by atoms with Crippen LogP contribution < -0.4 is 0 Å². The number of benzene rings is 8. The Kier molecular flexibility index (Phi) is 7.64. The van der Waals surface area contributed by atoms with Crippen molar-refractivity contribution in [3.8, 4) is 67.5 Å². The van der Waals surface area contributed by atoms with Gasteiger partial charge in [0, 0.05) is 47.6 Å². The first kappa shape index (κ1) is 32.2. The number of thiophene rings is 1. The van der Waals surface area contributed by atoms with Crippen LogP contribution in [-0.4, -0.2) is 15.0 Å². The summed E-state index contributed by atoms with van der Waals surface area (Å²) in [7, 11) is 0. The molecular weight excluding hydrogens is 703 g/mol. The molecule has 0 unspecified atom stereocenters. The molecule has 56 heavy (non-hydrogen) atoms. The van der Waals surface area contributed by atoms with Crippen molar-refractivity contribution < 1.29 is 4.42 Å². The highest BCUT2D eigenvalue weighted by Crippen LogP contribution is 2.43. The van der Waals surface area contributed by atoms with Crippen LogP contribution in [0.5, 0.6) is 0 Å². The van der Waals surface area contributed by atoms with Gasteiger partial charge in [0.1, 0.15) is 11.2 Å². The fourth-order valence-electron chi connectivity index (χ4n) is 7.78. The number of rotatable bonds is 6. The van der Waals surface area contributed by atoms with Crippen molar-refractivity contribution in [3.63, 3.8) is 0 Å². The number of nitrogens with zero attached hydrogens (tertiary/aromatic N) is 3. The van der Waals surface area contributed by atoms with E-state index < -0.39 is 0 Å². The zero-order valence-electron chi connectivity index (χ0n) is 30.1. The van der Waals surface area contributed by atoms with Gasteiger partial charge in [-0.25, -0.2) is 15.0 Å². The molecule has 262 valence electrons. The lowest BCUT2D eigenvalue weighted by Gasteiger charge is -2.10. The summed E-state index contributed by atoms with van der Waals surface area (Å²) in [6.45, 7) is 0. The maximum Gasteiger partial charge on any atom is 0.164 e. The number of fused-ring (bicyclic) bond motifs is 6. The molecule has 0 aliphatic carbocycles. The molecule has 0 amide bonds. The second kappa shape index (κ2) is 13.3. The van der Waals surface area contributed by atoms with Crippen LogP contribution in [0.2, 0.25) is 0 Å². The molecule has 0 fully saturated rings. The van der Waals surface area contributed by atoms with Crippen molar-refractivity contribution in [1.82, 2.24) is 15.0 Å². The van der Waals surface area contributed by atoms with E-state index in [1.54, 1.807) is 11.3 Å². The van der Waals surface area contributed by atoms with E-state index in [2.05, 4.69) is 146 Å².